The van der Waals surface area contributed by atoms with Crippen molar-refractivity contribution in [2.24, 2.45) is 0 Å². The average molecular weight is 351 g/mol. The fourth-order valence-corrected chi connectivity index (χ4v) is 2.80. The van der Waals surface area contributed by atoms with Gasteiger partial charge in [0.05, 0.1) is 24.2 Å². The molecule has 1 fully saturated rings. The molecule has 0 aliphatic carbocycles. The van der Waals surface area contributed by atoms with Crippen molar-refractivity contribution in [1.29, 1.82) is 5.26 Å². The van der Waals surface area contributed by atoms with Gasteiger partial charge in [-0.2, -0.15) is 18.4 Å². The van der Waals surface area contributed by atoms with Crippen LogP contribution in [-0.4, -0.2) is 47.5 Å². The van der Waals surface area contributed by atoms with Crippen molar-refractivity contribution in [3.05, 3.63) is 36.0 Å². The number of hydrogen-bond acceptors (Lipinski definition) is 5. The predicted octanol–water partition coefficient (Wildman–Crippen LogP) is 2.33. The molecule has 1 aliphatic rings. The highest BCUT2D eigenvalue weighted by molar-refractivity contribution is 5.95. The van der Waals surface area contributed by atoms with Gasteiger partial charge in [0.2, 0.25) is 0 Å². The molecule has 0 radical (unpaired) electrons. The van der Waals surface area contributed by atoms with Crippen LogP contribution in [0.5, 0.6) is 0 Å². The summed E-state index contributed by atoms with van der Waals surface area (Å²) in [6, 6.07) is 8.17. The van der Waals surface area contributed by atoms with Gasteiger partial charge in [-0.3, -0.25) is 4.98 Å². The first kappa shape index (κ1) is 17.0. The summed E-state index contributed by atoms with van der Waals surface area (Å²) in [6.45, 7) is -0.777. The van der Waals surface area contributed by atoms with E-state index in [1.54, 1.807) is 12.1 Å². The Balaban J connectivity index is 2.07. The Hall–Kier alpha value is -2.86. The summed E-state index contributed by atoms with van der Waals surface area (Å²) in [5, 5.41) is 18.7. The highest BCUT2D eigenvalue weighted by Gasteiger charge is 2.47. The van der Waals surface area contributed by atoms with Crippen LogP contribution in [0.1, 0.15) is 5.56 Å². The largest absolute Gasteiger partial charge is 0.479 e. The van der Waals surface area contributed by atoms with Crippen molar-refractivity contribution < 1.29 is 27.8 Å². The van der Waals surface area contributed by atoms with Gasteiger partial charge in [-0.05, 0) is 24.3 Å². The number of pyridine rings is 1. The second kappa shape index (κ2) is 6.22. The van der Waals surface area contributed by atoms with E-state index in [9.17, 15) is 18.0 Å². The number of ether oxygens (including phenoxy) is 1. The lowest BCUT2D eigenvalue weighted by Gasteiger charge is -2.38. The number of aliphatic carboxylic acids is 1. The summed E-state index contributed by atoms with van der Waals surface area (Å²) in [7, 11) is 0. The molecule has 9 heteroatoms. The van der Waals surface area contributed by atoms with E-state index in [4.69, 9.17) is 10.4 Å². The Kier molecular flexibility index (Phi) is 4.22. The minimum absolute atomic E-state index is 0.238. The molecule has 1 aromatic heterocycles. The number of morpholine rings is 1. The third-order valence-electron chi connectivity index (χ3n) is 3.95. The van der Waals surface area contributed by atoms with Crippen molar-refractivity contribution in [1.82, 2.24) is 4.98 Å². The zero-order valence-electron chi connectivity index (χ0n) is 12.7. The number of anilines is 1. The van der Waals surface area contributed by atoms with E-state index in [0.29, 0.717) is 16.6 Å². The first-order valence-corrected chi connectivity index (χ1v) is 7.29. The van der Waals surface area contributed by atoms with E-state index in [0.717, 1.165) is 0 Å². The molecule has 2 atom stereocenters. The third-order valence-corrected chi connectivity index (χ3v) is 3.95. The second-order valence-corrected chi connectivity index (χ2v) is 5.54. The van der Waals surface area contributed by atoms with Crippen molar-refractivity contribution in [3.63, 3.8) is 0 Å². The van der Waals surface area contributed by atoms with Gasteiger partial charge < -0.3 is 14.7 Å². The molecule has 3 rings (SSSR count). The van der Waals surface area contributed by atoms with E-state index in [2.05, 4.69) is 9.72 Å². The van der Waals surface area contributed by atoms with Gasteiger partial charge in [-0.1, -0.05) is 0 Å². The summed E-state index contributed by atoms with van der Waals surface area (Å²) >= 11 is 0. The molecule has 0 spiro atoms. The van der Waals surface area contributed by atoms with Gasteiger partial charge in [0.1, 0.15) is 6.07 Å². The maximum atomic E-state index is 13.1. The van der Waals surface area contributed by atoms with Crippen molar-refractivity contribution in [3.8, 4) is 6.07 Å². The first-order chi connectivity index (χ1) is 11.8. The standard InChI is InChI=1S/C16H12F3N3O3/c17-16(18,19)13-8-22(7-12(25-13)15(23)24)11-4-3-9(6-20)14-10(11)2-1-5-21-14/h1-5,12-13H,7-8H2,(H,23,24)/t12-,13+/m0/s1. The Morgan fingerprint density at radius 3 is 2.76 bits per heavy atom. The van der Waals surface area contributed by atoms with Gasteiger partial charge in [-0.15, -0.1) is 0 Å². The van der Waals surface area contributed by atoms with Gasteiger partial charge in [0.25, 0.3) is 0 Å². The number of fused-ring (bicyclic) bond motifs is 1. The van der Waals surface area contributed by atoms with Crippen LogP contribution in [0.3, 0.4) is 0 Å². The van der Waals surface area contributed by atoms with Crippen LogP contribution in [0, 0.1) is 11.3 Å². The van der Waals surface area contributed by atoms with Gasteiger partial charge >= 0.3 is 12.1 Å². The summed E-state index contributed by atoms with van der Waals surface area (Å²) in [5.74, 6) is -1.46. The van der Waals surface area contributed by atoms with Crippen LogP contribution in [0.25, 0.3) is 10.9 Å². The quantitative estimate of drug-likeness (QED) is 0.894. The van der Waals surface area contributed by atoms with Crippen molar-refractivity contribution in [2.45, 2.75) is 18.4 Å². The Morgan fingerprint density at radius 1 is 1.36 bits per heavy atom. The number of halogens is 3. The number of rotatable bonds is 2. The lowest BCUT2D eigenvalue weighted by Crippen LogP contribution is -2.55. The molecule has 0 bridgehead atoms. The molecule has 130 valence electrons. The molecule has 0 unspecified atom stereocenters. The van der Waals surface area contributed by atoms with E-state index in [1.165, 1.54) is 23.2 Å². The number of hydrogen-bond donors (Lipinski definition) is 1. The summed E-state index contributed by atoms with van der Waals surface area (Å²) in [6.07, 6.45) is -7.04. The minimum Gasteiger partial charge on any atom is -0.479 e. The number of nitriles is 1. The van der Waals surface area contributed by atoms with Crippen LogP contribution in [0.2, 0.25) is 0 Å². The lowest BCUT2D eigenvalue weighted by atomic mass is 10.1. The van der Waals surface area contributed by atoms with E-state index < -0.39 is 30.9 Å². The molecule has 6 nitrogen and oxygen atoms in total. The summed E-state index contributed by atoms with van der Waals surface area (Å²) in [5.41, 5.74) is 1.02. The normalized spacial score (nSPS) is 21.1. The smallest absolute Gasteiger partial charge is 0.416 e. The zero-order chi connectivity index (χ0) is 18.2. The Bertz CT molecular complexity index is 863. The molecule has 25 heavy (non-hydrogen) atoms. The number of nitrogens with zero attached hydrogens (tertiary/aromatic N) is 3. The minimum atomic E-state index is -4.69. The topological polar surface area (TPSA) is 86.5 Å². The molecule has 2 heterocycles. The van der Waals surface area contributed by atoms with Crippen LogP contribution < -0.4 is 4.90 Å². The molecule has 0 saturated carbocycles. The summed E-state index contributed by atoms with van der Waals surface area (Å²) < 4.78 is 44.0. The fourth-order valence-electron chi connectivity index (χ4n) is 2.80. The lowest BCUT2D eigenvalue weighted by molar-refractivity contribution is -0.236. The summed E-state index contributed by atoms with van der Waals surface area (Å²) in [4.78, 5) is 16.6. The van der Waals surface area contributed by atoms with Gasteiger partial charge in [-0.25, -0.2) is 4.79 Å². The van der Waals surface area contributed by atoms with Gasteiger partial charge in [0, 0.05) is 17.3 Å². The highest BCUT2D eigenvalue weighted by Crippen LogP contribution is 2.34. The SMILES string of the molecule is N#Cc1ccc(N2C[C@@H](C(=O)O)O[C@@H](C(F)(F)F)C2)c2cccnc12. The number of carboxylic acid groups (broad SMARTS) is 1. The number of aromatic nitrogens is 1. The van der Waals surface area contributed by atoms with Crippen molar-refractivity contribution >= 4 is 22.6 Å². The third kappa shape index (κ3) is 3.21. The highest BCUT2D eigenvalue weighted by atomic mass is 19.4. The molecular formula is C16H12F3N3O3. The fraction of sp³-hybridized carbons (Fsp3) is 0.312. The molecule has 2 aromatic rings. The molecule has 1 saturated heterocycles. The number of benzene rings is 1. The van der Waals surface area contributed by atoms with Crippen LogP contribution in [0.4, 0.5) is 18.9 Å². The van der Waals surface area contributed by atoms with Crippen molar-refractivity contribution in [2.75, 3.05) is 18.0 Å². The van der Waals surface area contributed by atoms with Gasteiger partial charge in [0.15, 0.2) is 12.2 Å². The van der Waals surface area contributed by atoms with E-state index in [-0.39, 0.29) is 12.1 Å². The molecule has 0 amide bonds. The molecule has 1 N–H and O–H groups in total. The Labute approximate surface area is 140 Å². The molecule has 1 aromatic carbocycles. The number of alkyl halides is 3. The van der Waals surface area contributed by atoms with Crippen LogP contribution >= 0.6 is 0 Å². The van der Waals surface area contributed by atoms with E-state index >= 15 is 0 Å². The van der Waals surface area contributed by atoms with Crippen LogP contribution in [-0.2, 0) is 9.53 Å². The van der Waals surface area contributed by atoms with E-state index in [1.807, 2.05) is 6.07 Å². The predicted molar refractivity (Wildman–Crippen MR) is 81.0 cm³/mol. The number of carboxylic acids is 1. The van der Waals surface area contributed by atoms with Crippen LogP contribution in [0.15, 0.2) is 30.5 Å². The maximum Gasteiger partial charge on any atom is 0.416 e. The zero-order valence-corrected chi connectivity index (χ0v) is 12.7. The second-order valence-electron chi connectivity index (χ2n) is 5.54. The molecule has 1 aliphatic heterocycles. The average Bonchev–Trinajstić information content (AvgIpc) is 2.59. The maximum absolute atomic E-state index is 13.1. The molecular weight excluding hydrogens is 339 g/mol. The Morgan fingerprint density at radius 2 is 2.12 bits per heavy atom. The monoisotopic (exact) mass is 351 g/mol. The first-order valence-electron chi connectivity index (χ1n) is 7.29. The number of carbonyl (C=O) groups is 1.